The number of anilines is 2. The van der Waals surface area contributed by atoms with Crippen molar-refractivity contribution in [3.8, 4) is 6.07 Å². The number of rotatable bonds is 2. The van der Waals surface area contributed by atoms with Crippen LogP contribution < -0.4 is 5.32 Å². The van der Waals surface area contributed by atoms with Gasteiger partial charge in [0.1, 0.15) is 11.9 Å². The highest BCUT2D eigenvalue weighted by atomic mass is 15.0. The second-order valence-corrected chi connectivity index (χ2v) is 5.68. The molecule has 1 heterocycles. The average Bonchev–Trinajstić information content (AvgIpc) is 2.51. The van der Waals surface area contributed by atoms with Crippen molar-refractivity contribution in [3.63, 3.8) is 0 Å². The van der Waals surface area contributed by atoms with Crippen molar-refractivity contribution in [1.29, 1.82) is 5.26 Å². The zero-order valence-electron chi connectivity index (χ0n) is 12.5. The molecule has 0 spiro atoms. The van der Waals surface area contributed by atoms with Crippen molar-refractivity contribution in [3.05, 3.63) is 52.2 Å². The predicted molar refractivity (Wildman–Crippen MR) is 84.8 cm³/mol. The number of aryl methyl sites for hydroxylation is 3. The number of hydrogen-bond donors (Lipinski definition) is 1. The maximum Gasteiger partial charge on any atom is 0.148 e. The summed E-state index contributed by atoms with van der Waals surface area (Å²) in [6.07, 6.45) is 4.45. The van der Waals surface area contributed by atoms with Gasteiger partial charge in [0.05, 0.1) is 5.56 Å². The van der Waals surface area contributed by atoms with Crippen molar-refractivity contribution >= 4 is 11.5 Å². The van der Waals surface area contributed by atoms with Crippen LogP contribution in [0.4, 0.5) is 11.5 Å². The summed E-state index contributed by atoms with van der Waals surface area (Å²) < 4.78 is 0. The van der Waals surface area contributed by atoms with E-state index < -0.39 is 0 Å². The lowest BCUT2D eigenvalue weighted by Crippen LogP contribution is -2.09. The normalized spacial score (nSPS) is 13.4. The number of nitriles is 1. The van der Waals surface area contributed by atoms with Crippen LogP contribution in [0.3, 0.4) is 0 Å². The van der Waals surface area contributed by atoms with Gasteiger partial charge in [0.2, 0.25) is 0 Å². The summed E-state index contributed by atoms with van der Waals surface area (Å²) in [5.41, 5.74) is 6.47. The molecule has 0 saturated carbocycles. The number of benzene rings is 1. The van der Waals surface area contributed by atoms with Crippen LogP contribution in [0.25, 0.3) is 0 Å². The second-order valence-electron chi connectivity index (χ2n) is 5.68. The molecule has 3 nitrogen and oxygen atoms in total. The van der Waals surface area contributed by atoms with Gasteiger partial charge in [-0.3, -0.25) is 0 Å². The molecule has 0 atom stereocenters. The maximum atomic E-state index is 9.39. The molecule has 0 radical (unpaired) electrons. The van der Waals surface area contributed by atoms with E-state index in [1.54, 1.807) is 0 Å². The van der Waals surface area contributed by atoms with Gasteiger partial charge in [0, 0.05) is 11.4 Å². The van der Waals surface area contributed by atoms with E-state index in [0.717, 1.165) is 24.2 Å². The van der Waals surface area contributed by atoms with Gasteiger partial charge in [-0.15, -0.1) is 0 Å². The van der Waals surface area contributed by atoms with Gasteiger partial charge in [-0.05, 0) is 68.4 Å². The molecule has 2 aromatic rings. The Balaban J connectivity index is 2.02. The van der Waals surface area contributed by atoms with Crippen LogP contribution in [-0.4, -0.2) is 4.98 Å². The van der Waals surface area contributed by atoms with Crippen LogP contribution in [0.1, 0.15) is 40.8 Å². The molecule has 1 N–H and O–H groups in total. The minimum absolute atomic E-state index is 0.636. The Bertz CT molecular complexity index is 726. The van der Waals surface area contributed by atoms with Crippen molar-refractivity contribution in [2.75, 3.05) is 5.32 Å². The van der Waals surface area contributed by atoms with Gasteiger partial charge in [0.15, 0.2) is 0 Å². The Labute approximate surface area is 125 Å². The minimum Gasteiger partial charge on any atom is -0.339 e. The molecule has 1 aromatic heterocycles. The van der Waals surface area contributed by atoms with Crippen molar-refractivity contribution < 1.29 is 0 Å². The third-order valence-corrected chi connectivity index (χ3v) is 4.28. The van der Waals surface area contributed by atoms with E-state index in [9.17, 15) is 5.26 Å². The van der Waals surface area contributed by atoms with E-state index in [1.807, 2.05) is 18.2 Å². The maximum absolute atomic E-state index is 9.39. The summed E-state index contributed by atoms with van der Waals surface area (Å²) in [4.78, 5) is 4.72. The summed E-state index contributed by atoms with van der Waals surface area (Å²) in [5, 5.41) is 12.7. The minimum atomic E-state index is 0.636. The van der Waals surface area contributed by atoms with Gasteiger partial charge in [-0.1, -0.05) is 12.1 Å². The summed E-state index contributed by atoms with van der Waals surface area (Å²) in [5.74, 6) is 0.687. The molecule has 1 aromatic carbocycles. The Morgan fingerprint density at radius 3 is 2.81 bits per heavy atom. The fourth-order valence-electron chi connectivity index (χ4n) is 2.83. The first-order chi connectivity index (χ1) is 10.2. The number of aromatic nitrogens is 1. The highest BCUT2D eigenvalue weighted by Gasteiger charge is 2.15. The summed E-state index contributed by atoms with van der Waals surface area (Å²) in [6.45, 7) is 4.17. The quantitative estimate of drug-likeness (QED) is 0.895. The van der Waals surface area contributed by atoms with E-state index in [4.69, 9.17) is 4.98 Å². The Morgan fingerprint density at radius 1 is 1.19 bits per heavy atom. The van der Waals surface area contributed by atoms with Crippen LogP contribution in [0.15, 0.2) is 24.3 Å². The number of hydrogen-bond acceptors (Lipinski definition) is 3. The SMILES string of the molecule is Cc1cccc(Nc2nc3c(cc2C#N)CCCC3)c1C. The molecule has 1 aliphatic carbocycles. The van der Waals surface area contributed by atoms with Crippen LogP contribution in [0, 0.1) is 25.2 Å². The standard InChI is InChI=1S/C18H19N3/c1-12-6-5-9-16(13(12)2)20-18-15(11-19)10-14-7-3-4-8-17(14)21-18/h5-6,9-10H,3-4,7-8H2,1-2H3,(H,20,21). The summed E-state index contributed by atoms with van der Waals surface area (Å²) >= 11 is 0. The zero-order valence-corrected chi connectivity index (χ0v) is 12.5. The summed E-state index contributed by atoms with van der Waals surface area (Å²) in [7, 11) is 0. The first-order valence-electron chi connectivity index (χ1n) is 7.45. The van der Waals surface area contributed by atoms with E-state index in [0.29, 0.717) is 11.4 Å². The number of pyridine rings is 1. The molecule has 0 fully saturated rings. The lowest BCUT2D eigenvalue weighted by Gasteiger charge is -2.18. The monoisotopic (exact) mass is 277 g/mol. The Kier molecular flexibility index (Phi) is 3.62. The molecule has 106 valence electrons. The van der Waals surface area contributed by atoms with Crippen molar-refractivity contribution in [2.24, 2.45) is 0 Å². The zero-order chi connectivity index (χ0) is 14.8. The first-order valence-corrected chi connectivity index (χ1v) is 7.45. The lowest BCUT2D eigenvalue weighted by molar-refractivity contribution is 0.668. The number of nitrogens with one attached hydrogen (secondary N) is 1. The smallest absolute Gasteiger partial charge is 0.148 e. The molecule has 0 amide bonds. The molecule has 0 aliphatic heterocycles. The number of fused-ring (bicyclic) bond motifs is 1. The highest BCUT2D eigenvalue weighted by molar-refractivity contribution is 5.67. The third kappa shape index (κ3) is 2.62. The molecule has 0 saturated heterocycles. The van der Waals surface area contributed by atoms with Crippen molar-refractivity contribution in [2.45, 2.75) is 39.5 Å². The van der Waals surface area contributed by atoms with Crippen molar-refractivity contribution in [1.82, 2.24) is 4.98 Å². The van der Waals surface area contributed by atoms with E-state index in [-0.39, 0.29) is 0 Å². The van der Waals surface area contributed by atoms with E-state index >= 15 is 0 Å². The third-order valence-electron chi connectivity index (χ3n) is 4.28. The molecular formula is C18H19N3. The lowest BCUT2D eigenvalue weighted by atomic mass is 9.95. The fourth-order valence-corrected chi connectivity index (χ4v) is 2.83. The first kappa shape index (κ1) is 13.6. The number of nitrogens with zero attached hydrogens (tertiary/aromatic N) is 2. The topological polar surface area (TPSA) is 48.7 Å². The second kappa shape index (κ2) is 5.57. The highest BCUT2D eigenvalue weighted by Crippen LogP contribution is 2.28. The van der Waals surface area contributed by atoms with E-state index in [2.05, 4.69) is 31.3 Å². The van der Waals surface area contributed by atoms with Gasteiger partial charge in [-0.25, -0.2) is 4.98 Å². The van der Waals surface area contributed by atoms with Crippen LogP contribution in [-0.2, 0) is 12.8 Å². The summed E-state index contributed by atoms with van der Waals surface area (Å²) in [6, 6.07) is 10.4. The van der Waals surface area contributed by atoms with Gasteiger partial charge in [0.25, 0.3) is 0 Å². The Hall–Kier alpha value is -2.34. The molecule has 3 heteroatoms. The van der Waals surface area contributed by atoms with Gasteiger partial charge in [-0.2, -0.15) is 5.26 Å². The molecule has 21 heavy (non-hydrogen) atoms. The van der Waals surface area contributed by atoms with Gasteiger partial charge >= 0.3 is 0 Å². The average molecular weight is 277 g/mol. The van der Waals surface area contributed by atoms with E-state index in [1.165, 1.54) is 29.5 Å². The van der Waals surface area contributed by atoms with Crippen LogP contribution in [0.5, 0.6) is 0 Å². The fraction of sp³-hybridized carbons (Fsp3) is 0.333. The Morgan fingerprint density at radius 2 is 2.00 bits per heavy atom. The predicted octanol–water partition coefficient (Wildman–Crippen LogP) is 4.19. The molecule has 3 rings (SSSR count). The molecule has 1 aliphatic rings. The largest absolute Gasteiger partial charge is 0.339 e. The van der Waals surface area contributed by atoms with Crippen LogP contribution in [0.2, 0.25) is 0 Å². The molecule has 0 bridgehead atoms. The van der Waals surface area contributed by atoms with Gasteiger partial charge < -0.3 is 5.32 Å². The van der Waals surface area contributed by atoms with Crippen LogP contribution >= 0.6 is 0 Å². The molecular weight excluding hydrogens is 258 g/mol. The molecule has 0 unspecified atom stereocenters.